The van der Waals surface area contributed by atoms with Crippen LogP contribution in [-0.4, -0.2) is 12.4 Å². The molecule has 2 nitrogen and oxygen atoms in total. The van der Waals surface area contributed by atoms with Crippen molar-refractivity contribution < 1.29 is 4.84 Å². The smallest absolute Gasteiger partial charge is 0.0719 e. The summed E-state index contributed by atoms with van der Waals surface area (Å²) in [7, 11) is 0. The molecule has 1 aromatic carbocycles. The molecule has 0 unspecified atom stereocenters. The van der Waals surface area contributed by atoms with Crippen LogP contribution in [0, 0.1) is 0 Å². The van der Waals surface area contributed by atoms with E-state index in [4.69, 9.17) is 5.90 Å². The highest BCUT2D eigenvalue weighted by Gasteiger charge is 2.14. The van der Waals surface area contributed by atoms with E-state index in [0.29, 0.717) is 6.61 Å². The Kier molecular flexibility index (Phi) is 2.88. The minimum absolute atomic E-state index is 0.612. The Morgan fingerprint density at radius 3 is 3.23 bits per heavy atom. The topological polar surface area (TPSA) is 35.2 Å². The molecule has 2 N–H and O–H groups in total. The predicted molar refractivity (Wildman–Crippen MR) is 54.7 cm³/mol. The summed E-state index contributed by atoms with van der Waals surface area (Å²) in [5.41, 5.74) is 2.90. The molecule has 13 heavy (non-hydrogen) atoms. The molecule has 1 aliphatic rings. The summed E-state index contributed by atoms with van der Waals surface area (Å²) in [6, 6.07) is 6.48. The van der Waals surface area contributed by atoms with E-state index in [9.17, 15) is 0 Å². The van der Waals surface area contributed by atoms with Crippen LogP contribution in [0.4, 0.5) is 0 Å². The maximum absolute atomic E-state index is 5.02. The SMILES string of the molecule is NOCCc1cccc2c1CCS2. The van der Waals surface area contributed by atoms with Gasteiger partial charge in [0.25, 0.3) is 0 Å². The quantitative estimate of drug-likeness (QED) is 0.746. The monoisotopic (exact) mass is 195 g/mol. The fourth-order valence-corrected chi connectivity index (χ4v) is 2.80. The molecule has 0 radical (unpaired) electrons. The molecule has 0 atom stereocenters. The summed E-state index contributed by atoms with van der Waals surface area (Å²) < 4.78 is 0. The van der Waals surface area contributed by atoms with Gasteiger partial charge in [-0.25, -0.2) is 5.90 Å². The Balaban J connectivity index is 2.20. The Hall–Kier alpha value is -0.510. The molecule has 0 saturated heterocycles. The van der Waals surface area contributed by atoms with Crippen molar-refractivity contribution in [2.75, 3.05) is 12.4 Å². The second kappa shape index (κ2) is 4.13. The third kappa shape index (κ3) is 1.88. The molecule has 0 saturated carbocycles. The first-order chi connectivity index (χ1) is 6.42. The van der Waals surface area contributed by atoms with E-state index in [1.165, 1.54) is 28.2 Å². The zero-order chi connectivity index (χ0) is 9.10. The summed E-state index contributed by atoms with van der Waals surface area (Å²) in [6.07, 6.45) is 2.13. The Morgan fingerprint density at radius 1 is 1.46 bits per heavy atom. The van der Waals surface area contributed by atoms with Gasteiger partial charge >= 0.3 is 0 Å². The van der Waals surface area contributed by atoms with Crippen LogP contribution in [0.2, 0.25) is 0 Å². The summed E-state index contributed by atoms with van der Waals surface area (Å²) in [4.78, 5) is 6.04. The highest BCUT2D eigenvalue weighted by Crippen LogP contribution is 2.33. The molecule has 1 heterocycles. The molecular formula is C10H13NOS. The van der Waals surface area contributed by atoms with Crippen molar-refractivity contribution in [2.45, 2.75) is 17.7 Å². The predicted octanol–water partition coefficient (Wildman–Crippen LogP) is 1.77. The van der Waals surface area contributed by atoms with Crippen LogP contribution >= 0.6 is 11.8 Å². The van der Waals surface area contributed by atoms with Crippen LogP contribution in [0.15, 0.2) is 23.1 Å². The van der Waals surface area contributed by atoms with E-state index in [1.807, 2.05) is 11.8 Å². The molecule has 0 amide bonds. The standard InChI is InChI=1S/C10H13NOS/c11-12-6-4-8-2-1-3-10-9(8)5-7-13-10/h1-3H,4-7,11H2. The fourth-order valence-electron chi connectivity index (χ4n) is 1.70. The van der Waals surface area contributed by atoms with E-state index in [2.05, 4.69) is 23.0 Å². The maximum Gasteiger partial charge on any atom is 0.0719 e. The van der Waals surface area contributed by atoms with Crippen molar-refractivity contribution in [3.05, 3.63) is 29.3 Å². The third-order valence-corrected chi connectivity index (χ3v) is 3.43. The molecule has 70 valence electrons. The van der Waals surface area contributed by atoms with Crippen LogP contribution in [0.5, 0.6) is 0 Å². The maximum atomic E-state index is 5.02. The molecular weight excluding hydrogens is 182 g/mol. The Morgan fingerprint density at radius 2 is 2.38 bits per heavy atom. The van der Waals surface area contributed by atoms with Gasteiger partial charge in [0, 0.05) is 10.6 Å². The number of rotatable bonds is 3. The van der Waals surface area contributed by atoms with Crippen molar-refractivity contribution in [1.29, 1.82) is 0 Å². The first-order valence-electron chi connectivity index (χ1n) is 4.47. The van der Waals surface area contributed by atoms with Gasteiger partial charge in [0.2, 0.25) is 0 Å². The largest absolute Gasteiger partial charge is 0.304 e. The normalized spacial score (nSPS) is 14.5. The number of fused-ring (bicyclic) bond motifs is 1. The van der Waals surface area contributed by atoms with Crippen LogP contribution in [0.1, 0.15) is 11.1 Å². The van der Waals surface area contributed by atoms with E-state index in [0.717, 1.165) is 6.42 Å². The summed E-state index contributed by atoms with van der Waals surface area (Å²) >= 11 is 1.94. The lowest BCUT2D eigenvalue weighted by Crippen LogP contribution is -2.05. The summed E-state index contributed by atoms with van der Waals surface area (Å²) in [5.74, 6) is 6.23. The van der Waals surface area contributed by atoms with Gasteiger partial charge in [0.05, 0.1) is 6.61 Å². The molecule has 2 rings (SSSR count). The van der Waals surface area contributed by atoms with Crippen molar-refractivity contribution >= 4 is 11.8 Å². The van der Waals surface area contributed by atoms with E-state index >= 15 is 0 Å². The van der Waals surface area contributed by atoms with E-state index < -0.39 is 0 Å². The highest BCUT2D eigenvalue weighted by molar-refractivity contribution is 7.99. The van der Waals surface area contributed by atoms with E-state index in [-0.39, 0.29) is 0 Å². The first-order valence-corrected chi connectivity index (χ1v) is 5.45. The third-order valence-electron chi connectivity index (χ3n) is 2.33. The molecule has 1 aliphatic heterocycles. The van der Waals surface area contributed by atoms with Crippen molar-refractivity contribution in [2.24, 2.45) is 5.90 Å². The van der Waals surface area contributed by atoms with Crippen LogP contribution < -0.4 is 5.90 Å². The van der Waals surface area contributed by atoms with Gasteiger partial charge in [0.15, 0.2) is 0 Å². The van der Waals surface area contributed by atoms with Crippen LogP contribution in [0.25, 0.3) is 0 Å². The van der Waals surface area contributed by atoms with Gasteiger partial charge in [-0.3, -0.25) is 0 Å². The van der Waals surface area contributed by atoms with Crippen molar-refractivity contribution in [3.63, 3.8) is 0 Å². The second-order valence-electron chi connectivity index (χ2n) is 3.11. The zero-order valence-electron chi connectivity index (χ0n) is 7.45. The minimum Gasteiger partial charge on any atom is -0.304 e. The van der Waals surface area contributed by atoms with Crippen molar-refractivity contribution in [1.82, 2.24) is 0 Å². The molecule has 0 aliphatic carbocycles. The van der Waals surface area contributed by atoms with Crippen LogP contribution in [0.3, 0.4) is 0 Å². The van der Waals surface area contributed by atoms with Gasteiger partial charge < -0.3 is 4.84 Å². The average molecular weight is 195 g/mol. The minimum atomic E-state index is 0.612. The molecule has 0 spiro atoms. The van der Waals surface area contributed by atoms with E-state index in [1.54, 1.807) is 0 Å². The van der Waals surface area contributed by atoms with Gasteiger partial charge in [-0.1, -0.05) is 12.1 Å². The Labute approximate surface area is 82.4 Å². The second-order valence-corrected chi connectivity index (χ2v) is 4.25. The average Bonchev–Trinajstić information content (AvgIpc) is 2.62. The first kappa shape index (κ1) is 9.06. The molecule has 3 heteroatoms. The van der Waals surface area contributed by atoms with Gasteiger partial charge in [0.1, 0.15) is 0 Å². The Bertz CT molecular complexity index is 301. The number of hydrogen-bond donors (Lipinski definition) is 1. The highest BCUT2D eigenvalue weighted by atomic mass is 32.2. The number of hydrogen-bond acceptors (Lipinski definition) is 3. The van der Waals surface area contributed by atoms with Crippen LogP contribution in [-0.2, 0) is 17.7 Å². The lowest BCUT2D eigenvalue weighted by molar-refractivity contribution is 0.141. The van der Waals surface area contributed by atoms with Crippen molar-refractivity contribution in [3.8, 4) is 0 Å². The fraction of sp³-hybridized carbons (Fsp3) is 0.400. The zero-order valence-corrected chi connectivity index (χ0v) is 8.27. The van der Waals surface area contributed by atoms with Gasteiger partial charge in [-0.05, 0) is 30.0 Å². The summed E-state index contributed by atoms with van der Waals surface area (Å²) in [6.45, 7) is 0.612. The lowest BCUT2D eigenvalue weighted by Gasteiger charge is -2.06. The number of nitrogens with two attached hydrogens (primary N) is 1. The molecule has 0 fully saturated rings. The molecule has 0 aromatic heterocycles. The lowest BCUT2D eigenvalue weighted by atomic mass is 10.0. The summed E-state index contributed by atoms with van der Waals surface area (Å²) in [5, 5.41) is 0. The number of benzene rings is 1. The van der Waals surface area contributed by atoms with Gasteiger partial charge in [-0.2, -0.15) is 0 Å². The molecule has 1 aromatic rings. The molecule has 0 bridgehead atoms. The number of thioether (sulfide) groups is 1. The van der Waals surface area contributed by atoms with Gasteiger partial charge in [-0.15, -0.1) is 11.8 Å².